The Bertz CT molecular complexity index is 933. The predicted molar refractivity (Wildman–Crippen MR) is 165 cm³/mol. The molecular formula is C31H51N4NaO7. The van der Waals surface area contributed by atoms with Crippen molar-refractivity contribution >= 4 is 12.2 Å². The van der Waals surface area contributed by atoms with Gasteiger partial charge in [-0.1, -0.05) is 61.0 Å². The molecule has 0 saturated heterocycles. The van der Waals surface area contributed by atoms with Gasteiger partial charge in [0.2, 0.25) is 5.91 Å². The Morgan fingerprint density at radius 3 is 2.14 bits per heavy atom. The molecule has 2 aromatic rings. The molecule has 2 rings (SSSR count). The van der Waals surface area contributed by atoms with Crippen molar-refractivity contribution < 1.29 is 63.9 Å². The molecule has 43 heavy (non-hydrogen) atoms. The first-order chi connectivity index (χ1) is 20.3. The molecule has 0 aliphatic heterocycles. The van der Waals surface area contributed by atoms with E-state index in [9.17, 15) is 14.7 Å². The van der Waals surface area contributed by atoms with E-state index in [2.05, 4.69) is 28.1 Å². The largest absolute Gasteiger partial charge is 1.00 e. The molecule has 238 valence electrons. The van der Waals surface area contributed by atoms with Crippen LogP contribution in [0, 0.1) is 0 Å². The molecule has 1 amide bonds. The second kappa shape index (κ2) is 32.6. The third-order valence-corrected chi connectivity index (χ3v) is 5.00. The van der Waals surface area contributed by atoms with Crippen LogP contribution < -0.4 is 56.3 Å². The van der Waals surface area contributed by atoms with E-state index in [4.69, 9.17) is 25.4 Å². The predicted octanol–water partition coefficient (Wildman–Crippen LogP) is -1.60. The first-order valence-corrected chi connectivity index (χ1v) is 13.8. The number of carbonyl (C=O) groups is 2. The average Bonchev–Trinajstić information content (AvgIpc) is 3.00. The number of hydrogen-bond acceptors (Lipinski definition) is 10. The van der Waals surface area contributed by atoms with Crippen molar-refractivity contribution in [2.75, 3.05) is 53.9 Å². The average molecular weight is 615 g/mol. The van der Waals surface area contributed by atoms with Gasteiger partial charge >= 0.3 is 29.6 Å². The quantitative estimate of drug-likeness (QED) is 0.0558. The van der Waals surface area contributed by atoms with Gasteiger partial charge in [0.25, 0.3) is 0 Å². The maximum absolute atomic E-state index is 11.0. The second-order valence-corrected chi connectivity index (χ2v) is 8.87. The Kier molecular flexibility index (Phi) is 34.2. The van der Waals surface area contributed by atoms with E-state index in [0.717, 1.165) is 25.5 Å². The summed E-state index contributed by atoms with van der Waals surface area (Å²) in [5.41, 5.74) is 9.26. The van der Waals surface area contributed by atoms with E-state index in [1.165, 1.54) is 12.5 Å². The number of aliphatic hydroxyl groups excluding tert-OH is 2. The Hall–Kier alpha value is -2.32. The molecule has 12 heteroatoms. The number of hydrogen-bond donors (Lipinski definition) is 6. The molecule has 0 saturated carbocycles. The summed E-state index contributed by atoms with van der Waals surface area (Å²) in [7, 11) is 2.81. The number of carbonyl (C=O) groups excluding carboxylic acids is 2. The van der Waals surface area contributed by atoms with Crippen molar-refractivity contribution in [2.45, 2.75) is 45.8 Å². The van der Waals surface area contributed by atoms with E-state index in [1.807, 2.05) is 56.4 Å². The normalized spacial score (nSPS) is 11.4. The first kappa shape index (κ1) is 45.1. The molecule has 0 heterocycles. The number of amides is 1. The molecule has 0 spiro atoms. The van der Waals surface area contributed by atoms with E-state index in [1.54, 1.807) is 13.1 Å². The third-order valence-electron chi connectivity index (χ3n) is 5.00. The van der Waals surface area contributed by atoms with Crippen LogP contribution in [0.1, 0.15) is 44.0 Å². The van der Waals surface area contributed by atoms with Crippen LogP contribution >= 0.6 is 0 Å². The van der Waals surface area contributed by atoms with Crippen LogP contribution in [0.4, 0.5) is 0 Å². The van der Waals surface area contributed by atoms with Crippen molar-refractivity contribution in [1.29, 1.82) is 0 Å². The number of nitrogens with one attached hydrogen (secondary N) is 3. The maximum atomic E-state index is 11.0. The summed E-state index contributed by atoms with van der Waals surface area (Å²) in [5, 5.41) is 34.5. The SMILES string of the molecule is CCN/C=C(\N)COCOCC(CCC[O-])NC(C)=O.CNCC(C)O.CO.O=Cc1ccc(-c2ccccc2)cc1.[Na+]. The molecular weight excluding hydrogens is 563 g/mol. The standard InChI is InChI=1S/C13H26N3O4.C13H10O.C4H11NO.CH4O.Na/c1-3-15-7-12(14)8-19-10-20-9-13(5-4-6-17)16-11(2)18;14-10-11-6-8-13(9-7-11)12-4-2-1-3-5-12;1-4(6)3-5-2;1-2;/h7,13,15H,3-6,8-10,14H2,1-2H3,(H,16,18);1-10H;4-6H,3H2,1-2H3;2H,1H3;/q-1;;;;+1/b12-7-;;;;. The number of ether oxygens (including phenoxy) is 2. The Morgan fingerprint density at radius 2 is 1.67 bits per heavy atom. The Labute approximate surface area is 279 Å². The van der Waals surface area contributed by atoms with Gasteiger partial charge in [0.05, 0.1) is 31.1 Å². The minimum Gasteiger partial charge on any atom is -0.854 e. The molecule has 2 atom stereocenters. The van der Waals surface area contributed by atoms with Crippen LogP contribution in [0.15, 0.2) is 66.5 Å². The zero-order valence-corrected chi connectivity index (χ0v) is 28.7. The van der Waals surface area contributed by atoms with E-state index >= 15 is 0 Å². The molecule has 2 aromatic carbocycles. The monoisotopic (exact) mass is 614 g/mol. The van der Waals surface area contributed by atoms with Crippen molar-refractivity contribution in [3.63, 3.8) is 0 Å². The minimum atomic E-state index is -0.213. The Morgan fingerprint density at radius 1 is 1.07 bits per heavy atom. The molecule has 0 aromatic heterocycles. The van der Waals surface area contributed by atoms with E-state index in [0.29, 0.717) is 37.3 Å². The summed E-state index contributed by atoms with van der Waals surface area (Å²) in [6, 6.07) is 17.5. The van der Waals surface area contributed by atoms with Gasteiger partial charge in [-0.25, -0.2) is 0 Å². The van der Waals surface area contributed by atoms with Gasteiger partial charge in [0, 0.05) is 38.9 Å². The van der Waals surface area contributed by atoms with Gasteiger partial charge < -0.3 is 46.5 Å². The van der Waals surface area contributed by atoms with Crippen LogP contribution in [0.25, 0.3) is 11.1 Å². The van der Waals surface area contributed by atoms with Gasteiger partial charge in [0.1, 0.15) is 13.1 Å². The molecule has 0 radical (unpaired) electrons. The molecule has 0 aliphatic carbocycles. The van der Waals surface area contributed by atoms with Crippen LogP contribution in [0.3, 0.4) is 0 Å². The number of aldehydes is 1. The van der Waals surface area contributed by atoms with Gasteiger partial charge in [-0.15, -0.1) is 6.61 Å². The van der Waals surface area contributed by atoms with Gasteiger partial charge in [-0.3, -0.25) is 9.59 Å². The molecule has 11 nitrogen and oxygen atoms in total. The van der Waals surface area contributed by atoms with E-state index in [-0.39, 0.29) is 67.6 Å². The van der Waals surface area contributed by atoms with Gasteiger partial charge in [-0.05, 0) is 38.4 Å². The number of benzene rings is 2. The fraction of sp³-hybridized carbons (Fsp3) is 0.484. The number of rotatable bonds is 16. The topological polar surface area (TPSA) is 178 Å². The maximum Gasteiger partial charge on any atom is 1.00 e. The zero-order valence-electron chi connectivity index (χ0n) is 26.7. The van der Waals surface area contributed by atoms with Crippen molar-refractivity contribution in [1.82, 2.24) is 16.0 Å². The Balaban J connectivity index is -0.000000601. The minimum absolute atomic E-state index is 0. The summed E-state index contributed by atoms with van der Waals surface area (Å²) in [6.45, 7) is 7.16. The van der Waals surface area contributed by atoms with Gasteiger partial charge in [-0.2, -0.15) is 0 Å². The fourth-order valence-corrected chi connectivity index (χ4v) is 3.18. The molecule has 2 unspecified atom stereocenters. The molecule has 0 fully saturated rings. The first-order valence-electron chi connectivity index (χ1n) is 13.8. The summed E-state index contributed by atoms with van der Waals surface area (Å²) in [5.74, 6) is -0.136. The summed E-state index contributed by atoms with van der Waals surface area (Å²) in [6.07, 6.45) is 3.44. The number of likely N-dealkylation sites (N-methyl/N-ethyl adjacent to an activating group) is 1. The van der Waals surface area contributed by atoms with Crippen LogP contribution in [0.5, 0.6) is 0 Å². The summed E-state index contributed by atoms with van der Waals surface area (Å²) >= 11 is 0. The number of aliphatic hydroxyl groups is 2. The van der Waals surface area contributed by atoms with Crippen molar-refractivity contribution in [3.8, 4) is 11.1 Å². The summed E-state index contributed by atoms with van der Waals surface area (Å²) < 4.78 is 10.5. The molecule has 0 aliphatic rings. The smallest absolute Gasteiger partial charge is 0.854 e. The van der Waals surface area contributed by atoms with Crippen molar-refractivity contribution in [3.05, 3.63) is 72.1 Å². The second-order valence-electron chi connectivity index (χ2n) is 8.87. The van der Waals surface area contributed by atoms with Crippen LogP contribution in [-0.2, 0) is 14.3 Å². The van der Waals surface area contributed by atoms with Crippen LogP contribution in [0.2, 0.25) is 0 Å². The molecule has 0 bridgehead atoms. The third kappa shape index (κ3) is 28.2. The fourth-order valence-electron chi connectivity index (χ4n) is 3.18. The van der Waals surface area contributed by atoms with Gasteiger partial charge in [0.15, 0.2) is 0 Å². The zero-order chi connectivity index (χ0) is 32.0. The number of nitrogens with two attached hydrogens (primary N) is 1. The van der Waals surface area contributed by atoms with Crippen molar-refractivity contribution in [2.24, 2.45) is 5.73 Å². The van der Waals surface area contributed by atoms with E-state index < -0.39 is 0 Å². The summed E-state index contributed by atoms with van der Waals surface area (Å²) in [4.78, 5) is 21.4. The van der Waals surface area contributed by atoms with Crippen LogP contribution in [-0.4, -0.2) is 88.4 Å². The molecule has 7 N–H and O–H groups in total.